The van der Waals surface area contributed by atoms with Gasteiger partial charge in [-0.2, -0.15) is 0 Å². The first-order valence-corrected chi connectivity index (χ1v) is 5.91. The second-order valence-electron chi connectivity index (χ2n) is 4.28. The van der Waals surface area contributed by atoms with Crippen molar-refractivity contribution >= 4 is 17.3 Å². The lowest BCUT2D eigenvalue weighted by molar-refractivity contribution is 0.0828. The average molecular weight is 235 g/mol. The van der Waals surface area contributed by atoms with E-state index >= 15 is 0 Å². The minimum Gasteiger partial charge on any atom is -0.399 e. The molecule has 0 aromatic heterocycles. The van der Waals surface area contributed by atoms with E-state index in [0.29, 0.717) is 11.3 Å². The third-order valence-corrected chi connectivity index (χ3v) is 2.53. The molecule has 0 aliphatic carbocycles. The minimum atomic E-state index is -0.0102. The number of benzene rings is 1. The van der Waals surface area contributed by atoms with Crippen LogP contribution in [0.1, 0.15) is 30.1 Å². The van der Waals surface area contributed by atoms with Crippen LogP contribution in [-0.2, 0) is 0 Å². The molecule has 0 bridgehead atoms. The van der Waals surface area contributed by atoms with Gasteiger partial charge < -0.3 is 16.0 Å². The molecule has 1 amide bonds. The normalized spacial score (nSPS) is 10.1. The third kappa shape index (κ3) is 3.66. The van der Waals surface area contributed by atoms with Gasteiger partial charge in [0.1, 0.15) is 0 Å². The fraction of sp³-hybridized carbons (Fsp3) is 0.462. The summed E-state index contributed by atoms with van der Waals surface area (Å²) in [4.78, 5) is 13.5. The van der Waals surface area contributed by atoms with Gasteiger partial charge >= 0.3 is 0 Å². The molecule has 17 heavy (non-hydrogen) atoms. The molecule has 1 rings (SSSR count). The van der Waals surface area contributed by atoms with Crippen molar-refractivity contribution in [2.75, 3.05) is 31.7 Å². The van der Waals surface area contributed by atoms with Crippen molar-refractivity contribution in [2.24, 2.45) is 0 Å². The Morgan fingerprint density at radius 1 is 1.41 bits per heavy atom. The Labute approximate surface area is 103 Å². The number of anilines is 2. The van der Waals surface area contributed by atoms with E-state index in [4.69, 9.17) is 5.73 Å². The molecule has 0 aliphatic heterocycles. The summed E-state index contributed by atoms with van der Waals surface area (Å²) in [5.41, 5.74) is 7.89. The highest BCUT2D eigenvalue weighted by Gasteiger charge is 2.13. The number of unbranched alkanes of at least 4 members (excludes halogenated alkanes) is 1. The summed E-state index contributed by atoms with van der Waals surface area (Å²) in [6.45, 7) is 2.99. The topological polar surface area (TPSA) is 58.4 Å². The van der Waals surface area contributed by atoms with Crippen molar-refractivity contribution in [3.8, 4) is 0 Å². The quantitative estimate of drug-likeness (QED) is 0.607. The van der Waals surface area contributed by atoms with Crippen LogP contribution >= 0.6 is 0 Å². The maximum absolute atomic E-state index is 12.0. The van der Waals surface area contributed by atoms with Crippen LogP contribution in [0.2, 0.25) is 0 Å². The molecule has 0 heterocycles. The van der Waals surface area contributed by atoms with E-state index in [0.717, 1.165) is 25.1 Å². The summed E-state index contributed by atoms with van der Waals surface area (Å²) in [5, 5.41) is 3.26. The zero-order chi connectivity index (χ0) is 12.8. The van der Waals surface area contributed by atoms with E-state index < -0.39 is 0 Å². The maximum Gasteiger partial charge on any atom is 0.255 e. The summed E-state index contributed by atoms with van der Waals surface area (Å²) in [7, 11) is 3.49. The predicted molar refractivity (Wildman–Crippen MR) is 72.3 cm³/mol. The van der Waals surface area contributed by atoms with E-state index in [1.165, 1.54) is 0 Å². The highest BCUT2D eigenvalue weighted by Crippen LogP contribution is 2.20. The first-order chi connectivity index (χ1) is 8.06. The molecule has 0 aliphatic rings. The van der Waals surface area contributed by atoms with Crippen LogP contribution < -0.4 is 11.1 Å². The fourth-order valence-corrected chi connectivity index (χ4v) is 1.54. The largest absolute Gasteiger partial charge is 0.399 e. The van der Waals surface area contributed by atoms with Crippen molar-refractivity contribution in [2.45, 2.75) is 19.8 Å². The van der Waals surface area contributed by atoms with Crippen molar-refractivity contribution in [3.63, 3.8) is 0 Å². The van der Waals surface area contributed by atoms with Crippen LogP contribution in [0.25, 0.3) is 0 Å². The van der Waals surface area contributed by atoms with Crippen LogP contribution in [-0.4, -0.2) is 31.4 Å². The summed E-state index contributed by atoms with van der Waals surface area (Å²) in [6.07, 6.45) is 2.19. The van der Waals surface area contributed by atoms with Gasteiger partial charge in [0.2, 0.25) is 0 Å². The number of nitrogen functional groups attached to an aromatic ring is 1. The molecule has 0 fully saturated rings. The van der Waals surface area contributed by atoms with Gasteiger partial charge in [-0.15, -0.1) is 0 Å². The SMILES string of the molecule is CCCCNc1cc(N)ccc1C(=O)N(C)C. The number of carbonyl (C=O) groups excluding carboxylic acids is 1. The number of hydrogen-bond acceptors (Lipinski definition) is 3. The number of rotatable bonds is 5. The molecule has 0 spiro atoms. The lowest BCUT2D eigenvalue weighted by atomic mass is 10.1. The summed E-state index contributed by atoms with van der Waals surface area (Å²) < 4.78 is 0. The average Bonchev–Trinajstić information content (AvgIpc) is 2.28. The highest BCUT2D eigenvalue weighted by molar-refractivity contribution is 5.99. The number of nitrogens with one attached hydrogen (secondary N) is 1. The van der Waals surface area contributed by atoms with Gasteiger partial charge in [0.25, 0.3) is 5.91 Å². The first-order valence-electron chi connectivity index (χ1n) is 5.91. The van der Waals surface area contributed by atoms with Crippen LogP contribution in [0.15, 0.2) is 18.2 Å². The van der Waals surface area contributed by atoms with Crippen LogP contribution in [0, 0.1) is 0 Å². The molecule has 0 unspecified atom stereocenters. The maximum atomic E-state index is 12.0. The lowest BCUT2D eigenvalue weighted by Gasteiger charge is -2.15. The van der Waals surface area contributed by atoms with Crippen LogP contribution in [0.4, 0.5) is 11.4 Å². The molecule has 4 nitrogen and oxygen atoms in total. The van der Waals surface area contributed by atoms with E-state index in [2.05, 4.69) is 12.2 Å². The Kier molecular flexibility index (Phi) is 4.82. The van der Waals surface area contributed by atoms with E-state index in [1.54, 1.807) is 31.1 Å². The Hall–Kier alpha value is -1.71. The third-order valence-electron chi connectivity index (χ3n) is 2.53. The summed E-state index contributed by atoms with van der Waals surface area (Å²) >= 11 is 0. The van der Waals surface area contributed by atoms with Gasteiger partial charge in [0, 0.05) is 32.0 Å². The molecule has 3 N–H and O–H groups in total. The molecular formula is C13H21N3O. The lowest BCUT2D eigenvalue weighted by Crippen LogP contribution is -2.23. The van der Waals surface area contributed by atoms with Gasteiger partial charge in [0.05, 0.1) is 5.56 Å². The molecule has 0 radical (unpaired) electrons. The molecule has 0 saturated carbocycles. The number of carbonyl (C=O) groups is 1. The van der Waals surface area contributed by atoms with Crippen molar-refractivity contribution in [1.29, 1.82) is 0 Å². The van der Waals surface area contributed by atoms with Crippen molar-refractivity contribution in [1.82, 2.24) is 4.90 Å². The molecule has 1 aromatic rings. The van der Waals surface area contributed by atoms with Gasteiger partial charge in [-0.05, 0) is 24.6 Å². The molecule has 4 heteroatoms. The highest BCUT2D eigenvalue weighted by atomic mass is 16.2. The number of hydrogen-bond donors (Lipinski definition) is 2. The minimum absolute atomic E-state index is 0.0102. The Morgan fingerprint density at radius 2 is 2.12 bits per heavy atom. The number of amides is 1. The molecule has 0 atom stereocenters. The van der Waals surface area contributed by atoms with Crippen LogP contribution in [0.3, 0.4) is 0 Å². The van der Waals surface area contributed by atoms with Gasteiger partial charge in [-0.3, -0.25) is 4.79 Å². The Bertz CT molecular complexity index is 388. The molecule has 0 saturated heterocycles. The number of nitrogens with zero attached hydrogens (tertiary/aromatic N) is 1. The van der Waals surface area contributed by atoms with Gasteiger partial charge in [-0.1, -0.05) is 13.3 Å². The Morgan fingerprint density at radius 3 is 2.71 bits per heavy atom. The van der Waals surface area contributed by atoms with E-state index in [9.17, 15) is 4.79 Å². The Balaban J connectivity index is 2.91. The zero-order valence-corrected chi connectivity index (χ0v) is 10.8. The van der Waals surface area contributed by atoms with Crippen LogP contribution in [0.5, 0.6) is 0 Å². The first kappa shape index (κ1) is 13.4. The van der Waals surface area contributed by atoms with E-state index in [-0.39, 0.29) is 5.91 Å². The zero-order valence-electron chi connectivity index (χ0n) is 10.8. The molecule has 1 aromatic carbocycles. The predicted octanol–water partition coefficient (Wildman–Crippen LogP) is 2.18. The second kappa shape index (κ2) is 6.13. The van der Waals surface area contributed by atoms with E-state index in [1.807, 2.05) is 6.07 Å². The fourth-order valence-electron chi connectivity index (χ4n) is 1.54. The number of nitrogens with two attached hydrogens (primary N) is 1. The smallest absolute Gasteiger partial charge is 0.255 e. The standard InChI is InChI=1S/C13H21N3O/c1-4-5-8-15-12-9-10(14)6-7-11(12)13(17)16(2)3/h6-7,9,15H,4-5,8,14H2,1-3H3. The second-order valence-corrected chi connectivity index (χ2v) is 4.28. The van der Waals surface area contributed by atoms with Gasteiger partial charge in [0.15, 0.2) is 0 Å². The molecular weight excluding hydrogens is 214 g/mol. The molecule has 94 valence electrons. The monoisotopic (exact) mass is 235 g/mol. The van der Waals surface area contributed by atoms with Gasteiger partial charge in [-0.25, -0.2) is 0 Å². The van der Waals surface area contributed by atoms with Crippen molar-refractivity contribution < 1.29 is 4.79 Å². The summed E-state index contributed by atoms with van der Waals surface area (Å²) in [5.74, 6) is -0.0102. The summed E-state index contributed by atoms with van der Waals surface area (Å²) in [6, 6.07) is 5.33. The van der Waals surface area contributed by atoms with Crippen molar-refractivity contribution in [3.05, 3.63) is 23.8 Å².